The molecule has 0 saturated heterocycles. The molecule has 0 aliphatic carbocycles. The van der Waals surface area contributed by atoms with E-state index in [2.05, 4.69) is 40.8 Å². The molecule has 3 aromatic rings. The maximum Gasteiger partial charge on any atom is 0.330 e. The molecule has 0 radical (unpaired) electrons. The molecular formula is C30H32FNO3. The van der Waals surface area contributed by atoms with E-state index in [4.69, 9.17) is 4.74 Å². The zero-order valence-corrected chi connectivity index (χ0v) is 21.0. The molecule has 35 heavy (non-hydrogen) atoms. The summed E-state index contributed by atoms with van der Waals surface area (Å²) in [6.45, 7) is 6.93. The molecule has 0 amide bonds. The number of carbonyl (C=O) groups is 1. The Morgan fingerprint density at radius 2 is 1.80 bits per heavy atom. The first kappa shape index (κ1) is 24.5. The Balaban J connectivity index is 1.82. The second-order valence-electron chi connectivity index (χ2n) is 9.34. The van der Waals surface area contributed by atoms with Crippen molar-refractivity contribution in [2.75, 3.05) is 25.7 Å². The number of hydrogen-bond donors (Lipinski definition) is 0. The maximum absolute atomic E-state index is 15.0. The first-order chi connectivity index (χ1) is 16.8. The zero-order valence-electron chi connectivity index (χ0n) is 21.0. The third kappa shape index (κ3) is 4.68. The lowest BCUT2D eigenvalue weighted by Crippen LogP contribution is -2.49. The van der Waals surface area contributed by atoms with Crippen LogP contribution in [0.5, 0.6) is 5.75 Å². The predicted molar refractivity (Wildman–Crippen MR) is 138 cm³/mol. The average molecular weight is 474 g/mol. The molecule has 3 aromatic carbocycles. The van der Waals surface area contributed by atoms with Gasteiger partial charge in [0.05, 0.1) is 19.8 Å². The molecule has 0 saturated carbocycles. The van der Waals surface area contributed by atoms with Crippen molar-refractivity contribution in [2.24, 2.45) is 0 Å². The maximum atomic E-state index is 15.0. The number of fused-ring (bicyclic) bond motifs is 1. The summed E-state index contributed by atoms with van der Waals surface area (Å²) in [6.07, 6.45) is 3.97. The SMILES string of the molecule is COC(=O)/C=C/c1ccc(C2(C)c3ccc(OC)cc3CCN2c2ccc(C(C)C)c(F)c2)cc1. The molecule has 4 rings (SSSR count). The third-order valence-electron chi connectivity index (χ3n) is 6.99. The fourth-order valence-electron chi connectivity index (χ4n) is 4.98. The quantitative estimate of drug-likeness (QED) is 0.304. The summed E-state index contributed by atoms with van der Waals surface area (Å²) in [5.41, 5.74) is 5.40. The van der Waals surface area contributed by atoms with Gasteiger partial charge in [-0.3, -0.25) is 0 Å². The first-order valence-electron chi connectivity index (χ1n) is 11.9. The van der Waals surface area contributed by atoms with Gasteiger partial charge in [-0.25, -0.2) is 9.18 Å². The number of benzene rings is 3. The van der Waals surface area contributed by atoms with E-state index in [1.807, 2.05) is 44.2 Å². The molecule has 0 aromatic heterocycles. The molecule has 1 aliphatic rings. The molecule has 0 spiro atoms. The van der Waals surface area contributed by atoms with Gasteiger partial charge in [0.15, 0.2) is 0 Å². The van der Waals surface area contributed by atoms with Gasteiger partial charge in [-0.15, -0.1) is 0 Å². The highest BCUT2D eigenvalue weighted by Crippen LogP contribution is 2.45. The van der Waals surface area contributed by atoms with Crippen molar-refractivity contribution in [3.05, 3.63) is 100 Å². The van der Waals surface area contributed by atoms with E-state index in [0.29, 0.717) is 0 Å². The van der Waals surface area contributed by atoms with E-state index in [9.17, 15) is 4.79 Å². The Bertz CT molecular complexity index is 1250. The van der Waals surface area contributed by atoms with Crippen LogP contribution in [0, 0.1) is 5.82 Å². The van der Waals surface area contributed by atoms with Crippen LogP contribution in [-0.2, 0) is 21.5 Å². The molecular weight excluding hydrogens is 441 g/mol. The Morgan fingerprint density at radius 3 is 2.43 bits per heavy atom. The van der Waals surface area contributed by atoms with Gasteiger partial charge in [0, 0.05) is 18.3 Å². The van der Waals surface area contributed by atoms with Gasteiger partial charge in [0.25, 0.3) is 0 Å². The van der Waals surface area contributed by atoms with E-state index in [1.165, 1.54) is 18.7 Å². The van der Waals surface area contributed by atoms with Crippen LogP contribution in [-0.4, -0.2) is 26.7 Å². The van der Waals surface area contributed by atoms with E-state index >= 15 is 4.39 Å². The fourth-order valence-corrected chi connectivity index (χ4v) is 4.98. The summed E-state index contributed by atoms with van der Waals surface area (Å²) < 4.78 is 25.2. The molecule has 0 bridgehead atoms. The van der Waals surface area contributed by atoms with E-state index in [0.717, 1.165) is 46.7 Å². The summed E-state index contributed by atoms with van der Waals surface area (Å²) in [4.78, 5) is 13.8. The van der Waals surface area contributed by atoms with Crippen LogP contribution < -0.4 is 9.64 Å². The zero-order chi connectivity index (χ0) is 25.2. The fraction of sp³-hybridized carbons (Fsp3) is 0.300. The van der Waals surface area contributed by atoms with Gasteiger partial charge in [-0.05, 0) is 77.4 Å². The van der Waals surface area contributed by atoms with Gasteiger partial charge >= 0.3 is 5.97 Å². The van der Waals surface area contributed by atoms with E-state index in [-0.39, 0.29) is 11.7 Å². The molecule has 4 nitrogen and oxygen atoms in total. The largest absolute Gasteiger partial charge is 0.497 e. The van der Waals surface area contributed by atoms with Crippen molar-refractivity contribution in [3.8, 4) is 5.75 Å². The van der Waals surface area contributed by atoms with Crippen molar-refractivity contribution < 1.29 is 18.7 Å². The molecule has 0 fully saturated rings. The van der Waals surface area contributed by atoms with Crippen LogP contribution in [0.15, 0.2) is 66.7 Å². The number of anilines is 1. The summed E-state index contributed by atoms with van der Waals surface area (Å²) in [5.74, 6) is 0.378. The van der Waals surface area contributed by atoms with Gasteiger partial charge in [-0.1, -0.05) is 50.2 Å². The minimum atomic E-state index is -0.532. The Labute approximate surface area is 207 Å². The van der Waals surface area contributed by atoms with Gasteiger partial charge in [0.1, 0.15) is 11.6 Å². The van der Waals surface area contributed by atoms with Crippen LogP contribution in [0.2, 0.25) is 0 Å². The summed E-state index contributed by atoms with van der Waals surface area (Å²) in [6, 6.07) is 19.9. The normalized spacial score (nSPS) is 17.5. The number of hydrogen-bond acceptors (Lipinski definition) is 4. The lowest BCUT2D eigenvalue weighted by Gasteiger charge is -2.48. The number of methoxy groups -OCH3 is 2. The molecule has 1 unspecified atom stereocenters. The Hall–Kier alpha value is -3.60. The lowest BCUT2D eigenvalue weighted by molar-refractivity contribution is -0.134. The van der Waals surface area contributed by atoms with Gasteiger partial charge < -0.3 is 14.4 Å². The van der Waals surface area contributed by atoms with Crippen molar-refractivity contribution in [3.63, 3.8) is 0 Å². The third-order valence-corrected chi connectivity index (χ3v) is 6.99. The first-order valence-corrected chi connectivity index (χ1v) is 11.9. The lowest BCUT2D eigenvalue weighted by atomic mass is 9.76. The van der Waals surface area contributed by atoms with Crippen LogP contribution >= 0.6 is 0 Å². The number of nitrogens with zero attached hydrogens (tertiary/aromatic N) is 1. The monoisotopic (exact) mass is 473 g/mol. The molecule has 182 valence electrons. The van der Waals surface area contributed by atoms with Crippen molar-refractivity contribution in [1.29, 1.82) is 0 Å². The highest BCUT2D eigenvalue weighted by molar-refractivity contribution is 5.86. The second-order valence-corrected chi connectivity index (χ2v) is 9.34. The standard InChI is InChI=1S/C30H32FNO3/c1-20(2)26-13-11-24(19-28(26)31)32-17-16-22-18-25(34-4)12-14-27(22)30(32,3)23-9-6-21(7-10-23)8-15-29(33)35-5/h6-15,18-20H,16-17H2,1-5H3/b15-8+. The van der Waals surface area contributed by atoms with Crippen molar-refractivity contribution in [1.82, 2.24) is 0 Å². The minimum Gasteiger partial charge on any atom is -0.497 e. The summed E-state index contributed by atoms with van der Waals surface area (Å²) >= 11 is 0. The number of ether oxygens (including phenoxy) is 2. The summed E-state index contributed by atoms with van der Waals surface area (Å²) in [7, 11) is 3.03. The minimum absolute atomic E-state index is 0.121. The molecule has 1 atom stereocenters. The molecule has 1 heterocycles. The molecule has 1 aliphatic heterocycles. The van der Waals surface area contributed by atoms with Crippen LogP contribution in [0.25, 0.3) is 6.08 Å². The number of halogens is 1. The predicted octanol–water partition coefficient (Wildman–Crippen LogP) is 6.47. The van der Waals surface area contributed by atoms with Crippen molar-refractivity contribution >= 4 is 17.7 Å². The molecule has 0 N–H and O–H groups in total. The second kappa shape index (κ2) is 9.95. The molecule has 5 heteroatoms. The van der Waals surface area contributed by atoms with Crippen LogP contribution in [0.3, 0.4) is 0 Å². The number of carbonyl (C=O) groups excluding carboxylic acids is 1. The van der Waals surface area contributed by atoms with E-state index < -0.39 is 11.5 Å². The smallest absolute Gasteiger partial charge is 0.330 e. The average Bonchev–Trinajstić information content (AvgIpc) is 2.87. The topological polar surface area (TPSA) is 38.8 Å². The van der Waals surface area contributed by atoms with Crippen molar-refractivity contribution in [2.45, 2.75) is 38.6 Å². The Morgan fingerprint density at radius 1 is 1.06 bits per heavy atom. The van der Waals surface area contributed by atoms with E-state index in [1.54, 1.807) is 19.3 Å². The number of esters is 1. The van der Waals surface area contributed by atoms with Crippen LogP contribution in [0.1, 0.15) is 54.5 Å². The Kier molecular flexibility index (Phi) is 6.97. The van der Waals surface area contributed by atoms with Gasteiger partial charge in [0.2, 0.25) is 0 Å². The number of rotatable bonds is 6. The summed E-state index contributed by atoms with van der Waals surface area (Å²) in [5, 5.41) is 0. The van der Waals surface area contributed by atoms with Gasteiger partial charge in [-0.2, -0.15) is 0 Å². The highest BCUT2D eigenvalue weighted by atomic mass is 19.1. The highest BCUT2D eigenvalue weighted by Gasteiger charge is 2.40. The van der Waals surface area contributed by atoms with Crippen LogP contribution in [0.4, 0.5) is 10.1 Å².